The molecule has 160 valence electrons. The van der Waals surface area contributed by atoms with Crippen LogP contribution in [0.1, 0.15) is 51.9 Å². The van der Waals surface area contributed by atoms with E-state index in [1.54, 1.807) is 7.11 Å². The summed E-state index contributed by atoms with van der Waals surface area (Å²) in [6.45, 7) is 2.44. The van der Waals surface area contributed by atoms with E-state index in [2.05, 4.69) is 25.2 Å². The molecule has 0 bridgehead atoms. The molecule has 2 saturated carbocycles. The lowest BCUT2D eigenvalue weighted by molar-refractivity contribution is -0.141. The van der Waals surface area contributed by atoms with E-state index < -0.39 is 21.7 Å². The normalized spacial score (nSPS) is 39.5. The van der Waals surface area contributed by atoms with Crippen LogP contribution in [0.2, 0.25) is 0 Å². The number of ketones is 1. The molecule has 4 heteroatoms. The van der Waals surface area contributed by atoms with E-state index in [0.29, 0.717) is 18.3 Å². The van der Waals surface area contributed by atoms with E-state index in [9.17, 15) is 9.00 Å². The van der Waals surface area contributed by atoms with Crippen molar-refractivity contribution in [1.82, 2.24) is 0 Å². The third-order valence-electron chi connectivity index (χ3n) is 8.79. The Morgan fingerprint density at radius 3 is 2.70 bits per heavy atom. The quantitative estimate of drug-likeness (QED) is 0.646. The second kappa shape index (κ2) is 7.56. The summed E-state index contributed by atoms with van der Waals surface area (Å²) in [6.07, 6.45) is 13.8. The zero-order valence-electron chi connectivity index (χ0n) is 18.0. The number of benzene rings is 1. The van der Waals surface area contributed by atoms with Gasteiger partial charge in [-0.15, -0.1) is 0 Å². The van der Waals surface area contributed by atoms with Crippen LogP contribution >= 0.6 is 0 Å². The second-order valence-electron chi connectivity index (χ2n) is 9.85. The Balaban J connectivity index is 1.54. The highest BCUT2D eigenvalue weighted by atomic mass is 32.2. The van der Waals surface area contributed by atoms with Crippen LogP contribution in [0, 0.1) is 28.6 Å². The summed E-state index contributed by atoms with van der Waals surface area (Å²) in [7, 11) is 0.280. The SMILES string of the molecule is COC(S(=O)c1ccccc1)[C@]12CC[C@H]3[C@@H](CC=C4C=CCC[C@@]43C)[C@@H]1CCC2=O. The topological polar surface area (TPSA) is 43.4 Å². The first-order valence-corrected chi connectivity index (χ1v) is 12.6. The Bertz CT molecular complexity index is 919. The lowest BCUT2D eigenvalue weighted by atomic mass is 9.48. The molecule has 2 fully saturated rings. The number of Topliss-reactive ketones (excluding diaryl/α,β-unsaturated/α-hetero) is 1. The first kappa shape index (κ1) is 20.4. The van der Waals surface area contributed by atoms with Crippen LogP contribution in [0.15, 0.2) is 59.0 Å². The van der Waals surface area contributed by atoms with Gasteiger partial charge in [-0.25, -0.2) is 0 Å². The lowest BCUT2D eigenvalue weighted by Crippen LogP contribution is -2.56. The molecular formula is C26H32O3S. The van der Waals surface area contributed by atoms with Gasteiger partial charge in [-0.05, 0) is 79.4 Å². The molecule has 0 N–H and O–H groups in total. The number of fused-ring (bicyclic) bond motifs is 5. The van der Waals surface area contributed by atoms with Crippen molar-refractivity contribution in [2.24, 2.45) is 28.6 Å². The second-order valence-corrected chi connectivity index (χ2v) is 11.3. The van der Waals surface area contributed by atoms with E-state index in [4.69, 9.17) is 4.74 Å². The van der Waals surface area contributed by atoms with Crippen LogP contribution in [0.3, 0.4) is 0 Å². The van der Waals surface area contributed by atoms with Crippen LogP contribution < -0.4 is 0 Å². The van der Waals surface area contributed by atoms with Crippen molar-refractivity contribution in [3.63, 3.8) is 0 Å². The molecule has 0 radical (unpaired) electrons. The molecule has 0 aliphatic heterocycles. The first-order chi connectivity index (χ1) is 14.5. The molecule has 2 unspecified atom stereocenters. The number of allylic oxidation sites excluding steroid dienone is 4. The maximum absolute atomic E-state index is 13.6. The maximum atomic E-state index is 13.6. The monoisotopic (exact) mass is 424 g/mol. The molecule has 3 nitrogen and oxygen atoms in total. The van der Waals surface area contributed by atoms with Gasteiger partial charge in [-0.3, -0.25) is 9.00 Å². The van der Waals surface area contributed by atoms with Gasteiger partial charge in [0, 0.05) is 18.4 Å². The van der Waals surface area contributed by atoms with Gasteiger partial charge in [-0.2, -0.15) is 0 Å². The Kier molecular flexibility index (Phi) is 5.14. The highest BCUT2D eigenvalue weighted by Gasteiger charge is 2.64. The minimum absolute atomic E-state index is 0.219. The van der Waals surface area contributed by atoms with Crippen LogP contribution in [-0.2, 0) is 20.3 Å². The molecule has 0 heterocycles. The standard InChI is InChI=1S/C26H32O3S/c1-25-16-7-6-8-18(25)11-12-20-21(25)15-17-26(22(20)13-14-23(26)27)24(29-2)30(28)19-9-4-3-5-10-19/h3-6,8-11,20-22,24H,7,12-17H2,1-2H3/t20-,21+,22+,24?,25+,26-,30?/m1/s1. The fourth-order valence-electron chi connectivity index (χ4n) is 7.40. The molecule has 0 spiro atoms. The number of hydrogen-bond donors (Lipinski definition) is 0. The Morgan fingerprint density at radius 2 is 1.93 bits per heavy atom. The van der Waals surface area contributed by atoms with Crippen LogP contribution in [-0.4, -0.2) is 22.5 Å². The zero-order valence-corrected chi connectivity index (χ0v) is 18.8. The van der Waals surface area contributed by atoms with Gasteiger partial charge in [0.15, 0.2) is 0 Å². The predicted molar refractivity (Wildman–Crippen MR) is 119 cm³/mol. The summed E-state index contributed by atoms with van der Waals surface area (Å²) in [5, 5.41) is 0. The van der Waals surface area contributed by atoms with Crippen LogP contribution in [0.5, 0.6) is 0 Å². The highest BCUT2D eigenvalue weighted by Crippen LogP contribution is 2.65. The van der Waals surface area contributed by atoms with Gasteiger partial charge in [0.05, 0.1) is 16.2 Å². The number of carbonyl (C=O) groups excluding carboxylic acids is 1. The van der Waals surface area contributed by atoms with Gasteiger partial charge >= 0.3 is 0 Å². The van der Waals surface area contributed by atoms with Crippen molar-refractivity contribution in [2.75, 3.05) is 7.11 Å². The minimum atomic E-state index is -1.36. The van der Waals surface area contributed by atoms with E-state index in [1.165, 1.54) is 12.0 Å². The summed E-state index contributed by atoms with van der Waals surface area (Å²) in [5.41, 5.74) is 0.549. The zero-order chi connectivity index (χ0) is 20.9. The predicted octanol–water partition coefficient (Wildman–Crippen LogP) is 5.44. The number of rotatable bonds is 4. The van der Waals surface area contributed by atoms with Crippen molar-refractivity contribution in [3.05, 3.63) is 54.1 Å². The average Bonchev–Trinajstić information content (AvgIpc) is 3.11. The van der Waals surface area contributed by atoms with Crippen molar-refractivity contribution in [1.29, 1.82) is 0 Å². The van der Waals surface area contributed by atoms with Crippen molar-refractivity contribution >= 4 is 16.6 Å². The molecule has 1 aromatic carbocycles. The summed E-state index contributed by atoms with van der Waals surface area (Å²) in [6, 6.07) is 9.54. The number of carbonyl (C=O) groups is 1. The Hall–Kier alpha value is -1.52. The summed E-state index contributed by atoms with van der Waals surface area (Å²) in [4.78, 5) is 14.2. The fraction of sp³-hybridized carbons (Fsp3) is 0.577. The Labute approximate surface area is 182 Å². The lowest BCUT2D eigenvalue weighted by Gasteiger charge is -2.57. The molecule has 5 rings (SSSR count). The Morgan fingerprint density at radius 1 is 1.13 bits per heavy atom. The molecular weight excluding hydrogens is 392 g/mol. The molecule has 7 atom stereocenters. The van der Waals surface area contributed by atoms with Gasteiger partial charge in [0.2, 0.25) is 0 Å². The average molecular weight is 425 g/mol. The summed E-state index contributed by atoms with van der Waals surface area (Å²) >= 11 is 0. The largest absolute Gasteiger partial charge is 0.367 e. The minimum Gasteiger partial charge on any atom is -0.367 e. The highest BCUT2D eigenvalue weighted by molar-refractivity contribution is 7.85. The first-order valence-electron chi connectivity index (χ1n) is 11.4. The van der Waals surface area contributed by atoms with Gasteiger partial charge in [0.1, 0.15) is 11.2 Å². The van der Waals surface area contributed by atoms with E-state index in [0.717, 1.165) is 37.0 Å². The third kappa shape index (κ3) is 2.79. The van der Waals surface area contributed by atoms with Crippen LogP contribution in [0.4, 0.5) is 0 Å². The molecule has 4 aliphatic carbocycles. The molecule has 30 heavy (non-hydrogen) atoms. The number of methoxy groups -OCH3 is 1. The van der Waals surface area contributed by atoms with Gasteiger partial charge in [0.25, 0.3) is 0 Å². The third-order valence-corrected chi connectivity index (χ3v) is 10.5. The van der Waals surface area contributed by atoms with Crippen LogP contribution in [0.25, 0.3) is 0 Å². The fourth-order valence-corrected chi connectivity index (χ4v) is 9.05. The molecule has 0 amide bonds. The van der Waals surface area contributed by atoms with Crippen molar-refractivity contribution < 1.29 is 13.7 Å². The molecule has 0 aromatic heterocycles. The van der Waals surface area contributed by atoms with Crippen molar-refractivity contribution in [3.8, 4) is 0 Å². The summed E-state index contributed by atoms with van der Waals surface area (Å²) < 4.78 is 19.6. The smallest absolute Gasteiger partial charge is 0.149 e. The number of ether oxygens (including phenoxy) is 1. The van der Waals surface area contributed by atoms with E-state index in [1.807, 2.05) is 30.3 Å². The van der Waals surface area contributed by atoms with Gasteiger partial charge in [-0.1, -0.05) is 43.4 Å². The molecule has 0 saturated heterocycles. The summed E-state index contributed by atoms with van der Waals surface area (Å²) in [5.74, 6) is 1.64. The maximum Gasteiger partial charge on any atom is 0.149 e. The van der Waals surface area contributed by atoms with E-state index >= 15 is 0 Å². The number of hydrogen-bond acceptors (Lipinski definition) is 3. The molecule has 1 aromatic rings. The van der Waals surface area contributed by atoms with E-state index in [-0.39, 0.29) is 17.1 Å². The van der Waals surface area contributed by atoms with Gasteiger partial charge < -0.3 is 4.74 Å². The molecule has 4 aliphatic rings. The van der Waals surface area contributed by atoms with Crippen molar-refractivity contribution in [2.45, 2.75) is 62.2 Å².